The molecule has 252 valence electrons. The van der Waals surface area contributed by atoms with Crippen LogP contribution in [0.4, 0.5) is 0 Å². The van der Waals surface area contributed by atoms with Gasteiger partial charge in [-0.2, -0.15) is 0 Å². The van der Waals surface area contributed by atoms with Gasteiger partial charge in [-0.05, 0) is 32.1 Å². The molecule has 0 aliphatic heterocycles. The second kappa shape index (κ2) is 27.0. The summed E-state index contributed by atoms with van der Waals surface area (Å²) < 4.78 is 26.9. The molecule has 1 atom stereocenters. The largest absolute Gasteiger partial charge is 0.462 e. The van der Waals surface area contributed by atoms with Gasteiger partial charge < -0.3 is 18.9 Å². The average Bonchev–Trinajstić information content (AvgIpc) is 2.98. The minimum atomic E-state index is -4.11. The normalized spacial score (nSPS) is 12.2. The molecular weight excluding hydrogens is 641 g/mol. The van der Waals surface area contributed by atoms with Crippen molar-refractivity contribution in [2.24, 2.45) is 0 Å². The molecule has 0 aliphatic rings. The molecule has 0 saturated carbocycles. The zero-order valence-electron chi connectivity index (χ0n) is 27.1. The Balaban J connectivity index is 0.000000853. The molecule has 7 nitrogen and oxygen atoms in total. The van der Waals surface area contributed by atoms with Crippen LogP contribution in [-0.2, 0) is 28.2 Å². The molecule has 0 aliphatic carbocycles. The topological polar surface area (TPSA) is 99.1 Å². The van der Waals surface area contributed by atoms with Gasteiger partial charge in [0.1, 0.15) is 6.61 Å². The Kier molecular flexibility index (Phi) is 26.2. The van der Waals surface area contributed by atoms with Crippen molar-refractivity contribution in [1.29, 1.82) is 0 Å². The first kappa shape index (κ1) is 42.8. The Bertz CT molecular complexity index is 1030. The molecule has 1 aromatic heterocycles. The van der Waals surface area contributed by atoms with E-state index in [0.29, 0.717) is 20.4 Å². The van der Waals surface area contributed by atoms with E-state index in [1.807, 2.05) is 0 Å². The van der Waals surface area contributed by atoms with Gasteiger partial charge in [0.05, 0.1) is 28.3 Å². The highest BCUT2D eigenvalue weighted by atomic mass is 35.5. The minimum Gasteiger partial charge on any atom is -0.462 e. The lowest BCUT2D eigenvalue weighted by Gasteiger charge is -2.14. The van der Waals surface area contributed by atoms with Gasteiger partial charge in [0, 0.05) is 11.1 Å². The van der Waals surface area contributed by atoms with Crippen molar-refractivity contribution in [3.8, 4) is 0 Å². The fourth-order valence-corrected chi connectivity index (χ4v) is 6.80. The van der Waals surface area contributed by atoms with Gasteiger partial charge >= 0.3 is 19.5 Å². The highest BCUT2D eigenvalue weighted by Gasteiger charge is 2.27. The van der Waals surface area contributed by atoms with Crippen molar-refractivity contribution in [3.63, 3.8) is 0 Å². The molecule has 0 radical (unpaired) electrons. The maximum absolute atomic E-state index is 12.0. The Morgan fingerprint density at radius 2 is 1.16 bits per heavy atom. The summed E-state index contributed by atoms with van der Waals surface area (Å²) in [5.41, 5.74) is 0.727. The van der Waals surface area contributed by atoms with Crippen molar-refractivity contribution in [2.75, 3.05) is 19.8 Å². The summed E-state index contributed by atoms with van der Waals surface area (Å²) in [6, 6.07) is 1.39. The fourth-order valence-electron chi connectivity index (χ4n) is 4.05. The number of hydrogen-bond acceptors (Lipinski definition) is 6. The molecule has 1 rings (SSSR count). The third kappa shape index (κ3) is 22.3. The Morgan fingerprint density at radius 3 is 1.59 bits per heavy atom. The number of carbonyl (C=O) groups is 2. The predicted molar refractivity (Wildman–Crippen MR) is 185 cm³/mol. The van der Waals surface area contributed by atoms with Crippen LogP contribution in [0.3, 0.4) is 0 Å². The Labute approximate surface area is 277 Å². The molecule has 0 bridgehead atoms. The van der Waals surface area contributed by atoms with E-state index in [1.54, 1.807) is 12.7 Å². The number of unbranched alkanes of at least 4 members (excludes halogenated alkanes) is 15. The molecule has 0 aromatic carbocycles. The standard InChI is InChI=1S/C22H42O2.C11H12Cl2O5P2/c1-4-5-6-7-8-9-10-11-12-13-14-15-16-17-18-19-20-24-22(23)21(2)3;1-7(2)11(14)17-4-5-18-20(15,16)8-3-6-19-10(13)9(8)12/h2,4-20H2,1,3H3;3,6H,1,4-5H2,2H3,(H,15,16). The lowest BCUT2D eigenvalue weighted by molar-refractivity contribution is -0.140. The van der Waals surface area contributed by atoms with Crippen molar-refractivity contribution in [3.05, 3.63) is 45.9 Å². The summed E-state index contributed by atoms with van der Waals surface area (Å²) in [4.78, 5) is 32.1. The van der Waals surface area contributed by atoms with Crippen molar-refractivity contribution in [2.45, 2.75) is 124 Å². The first-order valence-corrected chi connectivity index (χ1v) is 19.2. The first-order chi connectivity index (χ1) is 20.9. The fraction of sp³-hybridized carbons (Fsp3) is 0.667. The van der Waals surface area contributed by atoms with E-state index in [9.17, 15) is 19.0 Å². The molecule has 0 amide bonds. The molecular formula is C33H54Cl2O7P2. The summed E-state index contributed by atoms with van der Waals surface area (Å²) in [7, 11) is -3.46. The van der Waals surface area contributed by atoms with Gasteiger partial charge in [0.15, 0.2) is 0 Å². The van der Waals surface area contributed by atoms with Crippen LogP contribution in [0.2, 0.25) is 9.78 Å². The minimum absolute atomic E-state index is 0.000553. The molecule has 1 N–H and O–H groups in total. The maximum atomic E-state index is 12.0. The molecule has 0 spiro atoms. The van der Waals surface area contributed by atoms with Crippen molar-refractivity contribution >= 4 is 56.2 Å². The lowest BCUT2D eigenvalue weighted by atomic mass is 10.0. The average molecular weight is 696 g/mol. The monoisotopic (exact) mass is 694 g/mol. The summed E-state index contributed by atoms with van der Waals surface area (Å²) in [6.45, 7) is 12.6. The smallest absolute Gasteiger partial charge is 0.360 e. The van der Waals surface area contributed by atoms with Crippen LogP contribution >= 0.6 is 39.0 Å². The number of rotatable bonds is 24. The predicted octanol–water partition coefficient (Wildman–Crippen LogP) is 10.9. The molecule has 44 heavy (non-hydrogen) atoms. The van der Waals surface area contributed by atoms with Gasteiger partial charge in [-0.25, -0.2) is 9.59 Å². The summed E-state index contributed by atoms with van der Waals surface area (Å²) in [5.74, 6) is 0.735. The second-order valence-corrected chi connectivity index (χ2v) is 14.7. The van der Waals surface area contributed by atoms with Crippen LogP contribution < -0.4 is 5.30 Å². The van der Waals surface area contributed by atoms with E-state index in [-0.39, 0.29) is 39.8 Å². The van der Waals surface area contributed by atoms with Crippen LogP contribution in [-0.4, -0.2) is 36.7 Å². The SMILES string of the molecule is C=C(C)C(=O)OCCCCCCCCCCCCCCCCCC.C=C(C)C(=O)OCCOP(=O)(O)c1ccpc(Cl)c1Cl. The number of hydrogen-bond donors (Lipinski definition) is 1. The summed E-state index contributed by atoms with van der Waals surface area (Å²) in [6.07, 6.45) is 21.7. The highest BCUT2D eigenvalue weighted by Crippen LogP contribution is 2.45. The molecule has 1 unspecified atom stereocenters. The van der Waals surface area contributed by atoms with Gasteiger partial charge in [-0.15, -0.1) is 0 Å². The summed E-state index contributed by atoms with van der Waals surface area (Å²) >= 11 is 11.7. The van der Waals surface area contributed by atoms with Gasteiger partial charge in [-0.1, -0.05) is 148 Å². The third-order valence-corrected chi connectivity index (χ3v) is 10.1. The van der Waals surface area contributed by atoms with Gasteiger partial charge in [0.2, 0.25) is 0 Å². The van der Waals surface area contributed by atoms with Gasteiger partial charge in [0.25, 0.3) is 0 Å². The van der Waals surface area contributed by atoms with Crippen LogP contribution in [0.25, 0.3) is 0 Å². The second-order valence-electron chi connectivity index (χ2n) is 10.9. The number of carbonyl (C=O) groups excluding carboxylic acids is 2. The van der Waals surface area contributed by atoms with Crippen LogP contribution in [0.1, 0.15) is 124 Å². The molecule has 11 heteroatoms. The highest BCUT2D eigenvalue weighted by molar-refractivity contribution is 7.61. The molecule has 0 fully saturated rings. The van der Waals surface area contributed by atoms with Crippen LogP contribution in [0, 0.1) is 0 Å². The quantitative estimate of drug-likeness (QED) is 0.0497. The zero-order chi connectivity index (χ0) is 33.2. The Hall–Kier alpha value is -1.20. The summed E-state index contributed by atoms with van der Waals surface area (Å²) in [5, 5.41) is -0.0743. The number of halogens is 2. The maximum Gasteiger partial charge on any atom is 0.360 e. The van der Waals surface area contributed by atoms with Crippen LogP contribution in [0.15, 0.2) is 36.2 Å². The van der Waals surface area contributed by atoms with Crippen LogP contribution in [0.5, 0.6) is 0 Å². The van der Waals surface area contributed by atoms with Crippen molar-refractivity contribution in [1.82, 2.24) is 0 Å². The van der Waals surface area contributed by atoms with Crippen molar-refractivity contribution < 1.29 is 33.0 Å². The van der Waals surface area contributed by atoms with E-state index >= 15 is 0 Å². The first-order valence-electron chi connectivity index (χ1n) is 15.9. The van der Waals surface area contributed by atoms with E-state index in [2.05, 4.69) is 20.1 Å². The van der Waals surface area contributed by atoms with E-state index in [4.69, 9.17) is 37.2 Å². The number of esters is 2. The zero-order valence-corrected chi connectivity index (χ0v) is 30.4. The molecule has 0 saturated heterocycles. The van der Waals surface area contributed by atoms with Gasteiger partial charge in [-0.3, -0.25) is 4.57 Å². The molecule has 1 aromatic rings. The third-order valence-electron chi connectivity index (χ3n) is 6.64. The van der Waals surface area contributed by atoms with E-state index < -0.39 is 13.6 Å². The lowest BCUT2D eigenvalue weighted by Crippen LogP contribution is -2.14. The number of ether oxygens (including phenoxy) is 2. The Morgan fingerprint density at radius 1 is 0.750 bits per heavy atom. The van der Waals surface area contributed by atoms with E-state index in [1.165, 1.54) is 109 Å². The van der Waals surface area contributed by atoms with E-state index in [0.717, 1.165) is 6.42 Å². The molecule has 1 heterocycles.